The Hall–Kier alpha value is -1.08. The molecule has 0 aliphatic rings. The maximum atomic E-state index is 13.0. The van der Waals surface area contributed by atoms with E-state index in [2.05, 4.69) is 5.32 Å². The van der Waals surface area contributed by atoms with Crippen LogP contribution in [-0.2, 0) is 6.54 Å². The minimum absolute atomic E-state index is 0.265. The Labute approximate surface area is 128 Å². The van der Waals surface area contributed by atoms with E-state index in [0.717, 1.165) is 0 Å². The smallest absolute Gasteiger partial charge is 0.272 e. The first-order valence-corrected chi connectivity index (χ1v) is 7.09. The first kappa shape index (κ1) is 14.3. The molecule has 0 atom stereocenters. The van der Waals surface area contributed by atoms with Crippen LogP contribution in [0.2, 0.25) is 5.02 Å². The number of nitrogens with one attached hydrogen (secondary N) is 1. The molecular weight excluding hydrogens is 382 g/mol. The number of aromatic nitrogens is 1. The number of benzene rings is 1. The number of aryl methyl sites for hydroxylation is 1. The molecule has 3 nitrogen and oxygen atoms in total. The summed E-state index contributed by atoms with van der Waals surface area (Å²) in [5.41, 5.74) is 1.06. The van der Waals surface area contributed by atoms with Gasteiger partial charge in [0.05, 0.1) is 10.7 Å². The molecular formula is C13H11ClFIN2O. The van der Waals surface area contributed by atoms with Gasteiger partial charge >= 0.3 is 0 Å². The molecule has 1 aromatic heterocycles. The van der Waals surface area contributed by atoms with E-state index in [4.69, 9.17) is 11.6 Å². The Kier molecular flexibility index (Phi) is 4.46. The lowest BCUT2D eigenvalue weighted by atomic mass is 10.3. The summed E-state index contributed by atoms with van der Waals surface area (Å²) in [6, 6.07) is 5.82. The van der Waals surface area contributed by atoms with Crippen molar-refractivity contribution in [1.29, 1.82) is 0 Å². The van der Waals surface area contributed by atoms with E-state index in [9.17, 15) is 9.18 Å². The number of amides is 1. The van der Waals surface area contributed by atoms with Gasteiger partial charge < -0.3 is 9.88 Å². The number of carbonyl (C=O) groups is 1. The van der Waals surface area contributed by atoms with Crippen LogP contribution in [-0.4, -0.2) is 10.5 Å². The topological polar surface area (TPSA) is 34.0 Å². The number of carbonyl (C=O) groups excluding carboxylic acids is 1. The summed E-state index contributed by atoms with van der Waals surface area (Å²) in [4.78, 5) is 12.2. The van der Waals surface area contributed by atoms with E-state index in [-0.39, 0.29) is 11.7 Å². The summed E-state index contributed by atoms with van der Waals surface area (Å²) < 4.78 is 15.4. The van der Waals surface area contributed by atoms with Crippen molar-refractivity contribution in [2.75, 3.05) is 5.32 Å². The lowest BCUT2D eigenvalue weighted by Gasteiger charge is -2.09. The molecule has 0 aliphatic heterocycles. The zero-order chi connectivity index (χ0) is 14.0. The van der Waals surface area contributed by atoms with Crippen LogP contribution in [0, 0.1) is 9.39 Å². The lowest BCUT2D eigenvalue weighted by Crippen LogP contribution is -2.17. The molecule has 6 heteroatoms. The van der Waals surface area contributed by atoms with Crippen LogP contribution in [0.4, 0.5) is 10.1 Å². The summed E-state index contributed by atoms with van der Waals surface area (Å²) in [6.45, 7) is 2.57. The zero-order valence-electron chi connectivity index (χ0n) is 10.1. The Bertz CT molecular complexity index is 627. The molecule has 0 unspecified atom stereocenters. The number of hydrogen-bond acceptors (Lipinski definition) is 1. The average molecular weight is 393 g/mol. The summed E-state index contributed by atoms with van der Waals surface area (Å²) >= 11 is 7.87. The fourth-order valence-electron chi connectivity index (χ4n) is 1.70. The molecule has 2 rings (SSSR count). The molecule has 0 radical (unpaired) electrons. The molecule has 2 aromatic rings. The zero-order valence-corrected chi connectivity index (χ0v) is 13.0. The van der Waals surface area contributed by atoms with Crippen LogP contribution in [0.15, 0.2) is 30.5 Å². The molecule has 0 spiro atoms. The first-order valence-electron chi connectivity index (χ1n) is 5.63. The Morgan fingerprint density at radius 1 is 1.47 bits per heavy atom. The van der Waals surface area contributed by atoms with Gasteiger partial charge in [-0.2, -0.15) is 0 Å². The third kappa shape index (κ3) is 3.27. The van der Waals surface area contributed by atoms with Gasteiger partial charge in [-0.05, 0) is 53.8 Å². The second kappa shape index (κ2) is 5.92. The summed E-state index contributed by atoms with van der Waals surface area (Å²) in [5, 5.41) is 3.26. The lowest BCUT2D eigenvalue weighted by molar-refractivity contribution is 0.101. The number of rotatable bonds is 3. The number of nitrogens with zero attached hydrogens (tertiary/aromatic N) is 1. The molecule has 0 fully saturated rings. The molecule has 0 saturated heterocycles. The third-order valence-corrected chi connectivity index (χ3v) is 3.72. The van der Waals surface area contributed by atoms with Crippen molar-refractivity contribution >= 4 is 45.8 Å². The Morgan fingerprint density at radius 2 is 2.21 bits per heavy atom. The molecule has 1 aromatic carbocycles. The average Bonchev–Trinajstić information content (AvgIpc) is 2.74. The first-order chi connectivity index (χ1) is 9.01. The number of anilines is 1. The highest BCUT2D eigenvalue weighted by atomic mass is 127. The van der Waals surface area contributed by atoms with Gasteiger partial charge in [0.1, 0.15) is 11.5 Å². The Morgan fingerprint density at radius 3 is 2.84 bits per heavy atom. The summed E-state index contributed by atoms with van der Waals surface area (Å²) in [5.74, 6) is -0.597. The van der Waals surface area contributed by atoms with E-state index >= 15 is 0 Å². The van der Waals surface area contributed by atoms with Gasteiger partial charge in [-0.1, -0.05) is 11.6 Å². The van der Waals surface area contributed by atoms with Crippen molar-refractivity contribution < 1.29 is 9.18 Å². The van der Waals surface area contributed by atoms with E-state index in [1.807, 2.05) is 29.5 Å². The minimum atomic E-state index is -0.331. The van der Waals surface area contributed by atoms with Gasteiger partial charge in [0.15, 0.2) is 0 Å². The maximum absolute atomic E-state index is 13.0. The molecule has 1 heterocycles. The van der Waals surface area contributed by atoms with Crippen LogP contribution in [0.1, 0.15) is 17.4 Å². The van der Waals surface area contributed by atoms with Crippen molar-refractivity contribution in [2.45, 2.75) is 13.5 Å². The van der Waals surface area contributed by atoms with Crippen LogP contribution in [0.3, 0.4) is 0 Å². The van der Waals surface area contributed by atoms with Crippen LogP contribution >= 0.6 is 34.2 Å². The molecule has 1 N–H and O–H groups in total. The molecule has 0 saturated carbocycles. The highest BCUT2D eigenvalue weighted by Crippen LogP contribution is 2.21. The third-order valence-electron chi connectivity index (χ3n) is 2.62. The molecule has 0 bridgehead atoms. The monoisotopic (exact) mass is 392 g/mol. The largest absolute Gasteiger partial charge is 0.342 e. The van der Waals surface area contributed by atoms with E-state index in [0.29, 0.717) is 26.5 Å². The van der Waals surface area contributed by atoms with Crippen molar-refractivity contribution in [3.63, 3.8) is 0 Å². The number of hydrogen-bond donors (Lipinski definition) is 1. The van der Waals surface area contributed by atoms with Crippen LogP contribution in [0.5, 0.6) is 0 Å². The molecule has 100 valence electrons. The van der Waals surface area contributed by atoms with Gasteiger partial charge in [-0.25, -0.2) is 4.39 Å². The fraction of sp³-hybridized carbons (Fsp3) is 0.154. The molecule has 19 heavy (non-hydrogen) atoms. The SMILES string of the molecule is CCn1cc(Cl)cc1C(=O)Nc1ccc(F)cc1I. The quantitative estimate of drug-likeness (QED) is 0.782. The predicted octanol–water partition coefficient (Wildman–Crippen LogP) is 4.16. The van der Waals surface area contributed by atoms with E-state index < -0.39 is 0 Å². The van der Waals surface area contributed by atoms with Gasteiger partial charge in [0.25, 0.3) is 5.91 Å². The summed E-state index contributed by atoms with van der Waals surface area (Å²) in [7, 11) is 0. The van der Waals surface area contributed by atoms with Crippen LogP contribution < -0.4 is 5.32 Å². The van der Waals surface area contributed by atoms with Crippen LogP contribution in [0.25, 0.3) is 0 Å². The second-order valence-electron chi connectivity index (χ2n) is 3.91. The maximum Gasteiger partial charge on any atom is 0.272 e. The molecule has 1 amide bonds. The minimum Gasteiger partial charge on any atom is -0.342 e. The van der Waals surface area contributed by atoms with Crippen molar-refractivity contribution in [3.05, 3.63) is 50.6 Å². The van der Waals surface area contributed by atoms with E-state index in [1.54, 1.807) is 16.8 Å². The normalized spacial score (nSPS) is 10.5. The van der Waals surface area contributed by atoms with Gasteiger partial charge in [0.2, 0.25) is 0 Å². The molecule has 0 aliphatic carbocycles. The second-order valence-corrected chi connectivity index (χ2v) is 5.51. The standard InChI is InChI=1S/C13H11ClFIN2O/c1-2-18-7-8(14)5-12(18)13(19)17-11-4-3-9(15)6-10(11)16/h3-7H,2H2,1H3,(H,17,19). The van der Waals surface area contributed by atoms with Crippen molar-refractivity contribution in [1.82, 2.24) is 4.57 Å². The van der Waals surface area contributed by atoms with Gasteiger partial charge in [0, 0.05) is 16.3 Å². The van der Waals surface area contributed by atoms with E-state index in [1.165, 1.54) is 18.2 Å². The summed E-state index contributed by atoms with van der Waals surface area (Å²) in [6.07, 6.45) is 1.70. The van der Waals surface area contributed by atoms with Crippen molar-refractivity contribution in [2.24, 2.45) is 0 Å². The fourth-order valence-corrected chi connectivity index (χ4v) is 2.54. The van der Waals surface area contributed by atoms with Gasteiger partial charge in [-0.3, -0.25) is 4.79 Å². The highest BCUT2D eigenvalue weighted by molar-refractivity contribution is 14.1. The number of halogens is 3. The predicted molar refractivity (Wildman–Crippen MR) is 82.2 cm³/mol. The Balaban J connectivity index is 2.25. The van der Waals surface area contributed by atoms with Crippen molar-refractivity contribution in [3.8, 4) is 0 Å². The highest BCUT2D eigenvalue weighted by Gasteiger charge is 2.14. The van der Waals surface area contributed by atoms with Gasteiger partial charge in [-0.15, -0.1) is 0 Å².